The van der Waals surface area contributed by atoms with Crippen LogP contribution >= 0.6 is 31.7 Å². The van der Waals surface area contributed by atoms with E-state index in [4.69, 9.17) is 10.5 Å². The molecular weight excluding hydrogens is 1510 g/mol. The first-order chi connectivity index (χ1) is 40.6. The van der Waals surface area contributed by atoms with Crippen LogP contribution in [0.2, 0.25) is 0 Å². The average molecular weight is 1580 g/mol. The van der Waals surface area contributed by atoms with E-state index in [2.05, 4.69) is 364 Å². The molecule has 0 amide bonds. The van der Waals surface area contributed by atoms with Gasteiger partial charge in [-0.2, -0.15) is 10.5 Å². The largest absolute Gasteiger partial charge is 2.00 e. The van der Waals surface area contributed by atoms with Gasteiger partial charge in [-0.15, -0.1) is 0 Å². The van der Waals surface area contributed by atoms with Gasteiger partial charge < -0.3 is 27.0 Å². The predicted molar refractivity (Wildman–Crippen MR) is 383 cm³/mol. The van der Waals surface area contributed by atoms with E-state index in [0.717, 1.165) is 0 Å². The average Bonchev–Trinajstić information content (AvgIpc) is 3.52. The van der Waals surface area contributed by atoms with Crippen LogP contribution in [-0.4, -0.2) is 0 Å². The third-order valence-electron chi connectivity index (χ3n) is 12.7. The van der Waals surface area contributed by atoms with E-state index in [-0.39, 0.29) is 67.2 Å². The second kappa shape index (κ2) is 43.9. The SMILES string of the molecule is CC#N.CC#N.[Ir].[Ir].[S-2].[S-2].c1ccc([PH+](c2ccccc2)c2ccccc2)cc1.c1ccc([PH+](c2ccccc2)c2ccccc2)cc1.c1ccc([PH+](c2ccccc2)c2ccccc2)cc1.c1ccc([PH+](c2ccccc2)c2ccccc2)cc1. The van der Waals surface area contributed by atoms with Crippen molar-refractivity contribution in [3.05, 3.63) is 364 Å². The molecular formula is C76H70Ir2N2P4S2. The Morgan fingerprint density at radius 1 is 0.174 bits per heavy atom. The van der Waals surface area contributed by atoms with Crippen molar-refractivity contribution in [3.63, 3.8) is 0 Å². The summed E-state index contributed by atoms with van der Waals surface area (Å²) in [6, 6.07) is 133. The van der Waals surface area contributed by atoms with Gasteiger partial charge in [0.1, 0.15) is 63.7 Å². The van der Waals surface area contributed by atoms with E-state index < -0.39 is 31.7 Å². The smallest absolute Gasteiger partial charge is 0.102 e. The van der Waals surface area contributed by atoms with Crippen molar-refractivity contribution < 1.29 is 40.2 Å². The van der Waals surface area contributed by atoms with E-state index in [1.165, 1.54) is 77.5 Å². The van der Waals surface area contributed by atoms with Crippen molar-refractivity contribution >= 4 is 122 Å². The molecule has 0 unspecified atom stereocenters. The standard InChI is InChI=1S/4C18H15P.2C2H3N.2Ir.2S/c4*1-4-10-16(11-5-1)19(17-12-6-2-7-13-17)18-14-8-3-9-15-18;2*1-2-3;;;;/h4*1-15H;2*1H3;;;;/q;;;;;;;;2*-2/p+4. The first kappa shape index (κ1) is 73.6. The summed E-state index contributed by atoms with van der Waals surface area (Å²) in [5.41, 5.74) is 0. The first-order valence-corrected chi connectivity index (χ1v) is 33.4. The van der Waals surface area contributed by atoms with Crippen LogP contribution in [0, 0.1) is 22.7 Å². The van der Waals surface area contributed by atoms with Crippen molar-refractivity contribution in [1.29, 1.82) is 10.5 Å². The molecule has 2 nitrogen and oxygen atoms in total. The molecule has 12 aromatic rings. The van der Waals surface area contributed by atoms with Gasteiger partial charge in [0.15, 0.2) is 0 Å². The molecule has 12 rings (SSSR count). The molecule has 434 valence electrons. The van der Waals surface area contributed by atoms with Gasteiger partial charge in [0.25, 0.3) is 0 Å². The number of hydrogen-bond donors (Lipinski definition) is 0. The van der Waals surface area contributed by atoms with Gasteiger partial charge in [-0.3, -0.25) is 0 Å². The van der Waals surface area contributed by atoms with Crippen LogP contribution in [-0.2, 0) is 67.2 Å². The fourth-order valence-corrected chi connectivity index (χ4v) is 19.6. The summed E-state index contributed by atoms with van der Waals surface area (Å²) in [5.74, 6) is 0. The van der Waals surface area contributed by atoms with Crippen LogP contribution in [0.4, 0.5) is 0 Å². The van der Waals surface area contributed by atoms with Crippen LogP contribution in [0.5, 0.6) is 0 Å². The number of nitriles is 2. The maximum atomic E-state index is 7.32. The Bertz CT molecular complexity index is 2800. The van der Waals surface area contributed by atoms with Crippen LogP contribution in [0.15, 0.2) is 364 Å². The molecule has 0 heterocycles. The quantitative estimate of drug-likeness (QED) is 0.114. The number of hydrogen-bond acceptors (Lipinski definition) is 2. The maximum absolute atomic E-state index is 7.32. The molecule has 0 aromatic heterocycles. The van der Waals surface area contributed by atoms with Crippen molar-refractivity contribution in [2.75, 3.05) is 0 Å². The molecule has 0 aliphatic heterocycles. The Kier molecular flexibility index (Phi) is 37.5. The van der Waals surface area contributed by atoms with Gasteiger partial charge in [0.2, 0.25) is 0 Å². The van der Waals surface area contributed by atoms with E-state index in [1.54, 1.807) is 12.1 Å². The Morgan fingerprint density at radius 2 is 0.233 bits per heavy atom. The van der Waals surface area contributed by atoms with Gasteiger partial charge in [-0.05, 0) is 146 Å². The summed E-state index contributed by atoms with van der Waals surface area (Å²) in [4.78, 5) is 0. The number of benzene rings is 12. The normalized spacial score (nSPS) is 9.53. The van der Waals surface area contributed by atoms with Crippen LogP contribution in [0.3, 0.4) is 0 Å². The third-order valence-corrected chi connectivity index (χ3v) is 23.7. The van der Waals surface area contributed by atoms with E-state index >= 15 is 0 Å². The summed E-state index contributed by atoms with van der Waals surface area (Å²) in [7, 11) is -3.51. The van der Waals surface area contributed by atoms with Gasteiger partial charge in [0.05, 0.1) is 43.8 Å². The maximum Gasteiger partial charge on any atom is 0.102 e. The molecule has 0 atom stereocenters. The van der Waals surface area contributed by atoms with Gasteiger partial charge in [-0.25, -0.2) is 0 Å². The molecule has 0 bridgehead atoms. The minimum absolute atomic E-state index is 0. The Morgan fingerprint density at radius 3 is 0.291 bits per heavy atom. The summed E-state index contributed by atoms with van der Waals surface area (Å²) >= 11 is 0. The number of rotatable bonds is 12. The van der Waals surface area contributed by atoms with Crippen molar-refractivity contribution in [3.8, 4) is 12.1 Å². The topological polar surface area (TPSA) is 47.6 Å². The third kappa shape index (κ3) is 23.9. The first-order valence-electron chi connectivity index (χ1n) is 27.4. The summed E-state index contributed by atoms with van der Waals surface area (Å²) in [6.45, 7) is 2.86. The van der Waals surface area contributed by atoms with Crippen molar-refractivity contribution in [2.24, 2.45) is 0 Å². The summed E-state index contributed by atoms with van der Waals surface area (Å²) < 4.78 is 0. The Hall–Kier alpha value is -6.66. The molecule has 0 aliphatic carbocycles. The van der Waals surface area contributed by atoms with Crippen molar-refractivity contribution in [1.82, 2.24) is 0 Å². The molecule has 0 N–H and O–H groups in total. The van der Waals surface area contributed by atoms with Gasteiger partial charge in [0, 0.05) is 54.1 Å². The minimum atomic E-state index is -0.877. The fraction of sp³-hybridized carbons (Fsp3) is 0.0263. The second-order valence-electron chi connectivity index (χ2n) is 18.3. The fourth-order valence-electron chi connectivity index (χ4n) is 9.26. The van der Waals surface area contributed by atoms with E-state index in [0.29, 0.717) is 0 Å². The monoisotopic (exact) mass is 1580 g/mol. The van der Waals surface area contributed by atoms with E-state index in [9.17, 15) is 0 Å². The molecule has 0 spiro atoms. The second-order valence-corrected chi connectivity index (χ2v) is 28.3. The predicted octanol–water partition coefficient (Wildman–Crippen LogP) is 13.8. The summed E-state index contributed by atoms with van der Waals surface area (Å²) in [5, 5.41) is 31.9. The molecule has 0 fully saturated rings. The Labute approximate surface area is 558 Å². The Balaban J connectivity index is 0.000000286. The molecule has 86 heavy (non-hydrogen) atoms. The minimum Gasteiger partial charge on any atom is -2.00 e. The van der Waals surface area contributed by atoms with Crippen molar-refractivity contribution in [2.45, 2.75) is 13.8 Å². The van der Waals surface area contributed by atoms with Crippen LogP contribution in [0.1, 0.15) is 13.8 Å². The molecule has 2 radical (unpaired) electrons. The zero-order valence-corrected chi connectivity index (χ0v) is 58.4. The van der Waals surface area contributed by atoms with Crippen LogP contribution in [0.25, 0.3) is 0 Å². The van der Waals surface area contributed by atoms with Gasteiger partial charge >= 0.3 is 0 Å². The number of nitrogens with zero attached hydrogens (tertiary/aromatic N) is 2. The van der Waals surface area contributed by atoms with Gasteiger partial charge in [-0.1, -0.05) is 218 Å². The molecule has 0 saturated carbocycles. The zero-order valence-electron chi connectivity index (χ0n) is 48.0. The molecule has 10 heteroatoms. The summed E-state index contributed by atoms with van der Waals surface area (Å²) in [6.07, 6.45) is 0. The van der Waals surface area contributed by atoms with E-state index in [1.807, 2.05) is 0 Å². The molecule has 0 aliphatic rings. The molecule has 12 aromatic carbocycles. The van der Waals surface area contributed by atoms with Crippen LogP contribution < -0.4 is 63.7 Å². The molecule has 0 saturated heterocycles. The zero-order chi connectivity index (χ0) is 57.1.